The van der Waals surface area contributed by atoms with Crippen LogP contribution >= 0.6 is 0 Å². The zero-order chi connectivity index (χ0) is 22.4. The van der Waals surface area contributed by atoms with E-state index >= 15 is 0 Å². The van der Waals surface area contributed by atoms with Crippen LogP contribution in [0.5, 0.6) is 0 Å². The molecule has 160 valence electrons. The second-order valence-electron chi connectivity index (χ2n) is 7.91. The average Bonchev–Trinajstić information content (AvgIpc) is 2.73. The molecule has 1 fully saturated rings. The number of unbranched alkanes of at least 4 members (excludes halogenated alkanes) is 2. The normalized spacial score (nSPS) is 17.3. The fourth-order valence-corrected chi connectivity index (χ4v) is 3.63. The molecule has 3 heteroatoms. The average molecular weight is 404 g/mol. The summed E-state index contributed by atoms with van der Waals surface area (Å²) in [4.78, 5) is 0. The van der Waals surface area contributed by atoms with Crippen molar-refractivity contribution in [2.24, 2.45) is 5.41 Å². The van der Waals surface area contributed by atoms with E-state index < -0.39 is 0 Å². The van der Waals surface area contributed by atoms with Crippen LogP contribution in [0.4, 0.5) is 0 Å². The van der Waals surface area contributed by atoms with Gasteiger partial charge in [-0.1, -0.05) is 56.6 Å². The summed E-state index contributed by atoms with van der Waals surface area (Å²) in [5.74, 6) is 3.10. The fraction of sp³-hybridized carbons (Fsp3) is 0.444. The first-order chi connectivity index (χ1) is 14.4. The maximum Gasteiger partial charge on any atom is 0.0992 e. The molecular weight excluding hydrogens is 366 g/mol. The number of hydrogen-bond donors (Lipinski definition) is 2. The molecule has 0 aliphatic carbocycles. The van der Waals surface area contributed by atoms with E-state index in [0.717, 1.165) is 43.6 Å². The predicted molar refractivity (Wildman–Crippen MR) is 129 cm³/mol. The maximum absolute atomic E-state index is 9.20. The molecule has 0 spiro atoms. The molecule has 0 unspecified atom stereocenters. The molecule has 1 heterocycles. The quantitative estimate of drug-likeness (QED) is 0.190. The third-order valence-corrected chi connectivity index (χ3v) is 5.32. The van der Waals surface area contributed by atoms with E-state index in [9.17, 15) is 5.26 Å². The highest BCUT2D eigenvalue weighted by atomic mass is 14.9. The number of rotatable bonds is 11. The Balaban J connectivity index is 3.14. The molecule has 1 saturated heterocycles. The van der Waals surface area contributed by atoms with Crippen LogP contribution in [0.1, 0.15) is 59.3 Å². The Labute approximate surface area is 184 Å². The lowest BCUT2D eigenvalue weighted by atomic mass is 9.72. The Morgan fingerprint density at radius 3 is 2.40 bits per heavy atom. The first-order valence-corrected chi connectivity index (χ1v) is 10.9. The van der Waals surface area contributed by atoms with Gasteiger partial charge in [-0.3, -0.25) is 0 Å². The third-order valence-electron chi connectivity index (χ3n) is 5.32. The lowest BCUT2D eigenvalue weighted by molar-refractivity contribution is 0.343. The van der Waals surface area contributed by atoms with Crippen LogP contribution in [0.2, 0.25) is 0 Å². The van der Waals surface area contributed by atoms with Crippen LogP contribution in [0.15, 0.2) is 71.7 Å². The molecule has 1 rings (SSSR count). The lowest BCUT2D eigenvalue weighted by Gasteiger charge is -2.35. The molecular formula is C27H37N3. The molecule has 0 aromatic carbocycles. The van der Waals surface area contributed by atoms with Crippen molar-refractivity contribution >= 4 is 0 Å². The molecule has 0 amide bonds. The minimum Gasteiger partial charge on any atom is -0.356 e. The largest absolute Gasteiger partial charge is 0.356 e. The number of hydrogen-bond acceptors (Lipinski definition) is 3. The summed E-state index contributed by atoms with van der Waals surface area (Å²) >= 11 is 0. The molecule has 1 aliphatic rings. The van der Waals surface area contributed by atoms with Crippen molar-refractivity contribution in [2.75, 3.05) is 13.1 Å². The van der Waals surface area contributed by atoms with Crippen LogP contribution in [0.25, 0.3) is 0 Å². The van der Waals surface area contributed by atoms with Gasteiger partial charge in [0, 0.05) is 11.4 Å². The van der Waals surface area contributed by atoms with Gasteiger partial charge in [0.1, 0.15) is 0 Å². The van der Waals surface area contributed by atoms with E-state index in [2.05, 4.69) is 61.8 Å². The zero-order valence-corrected chi connectivity index (χ0v) is 19.0. The highest BCUT2D eigenvalue weighted by molar-refractivity contribution is 5.43. The molecule has 0 saturated carbocycles. The minimum absolute atomic E-state index is 0.290. The lowest BCUT2D eigenvalue weighted by Crippen LogP contribution is -2.37. The number of piperidine rings is 1. The summed E-state index contributed by atoms with van der Waals surface area (Å²) in [7, 11) is 0. The smallest absolute Gasteiger partial charge is 0.0992 e. The summed E-state index contributed by atoms with van der Waals surface area (Å²) in [6.45, 7) is 16.3. The molecule has 0 radical (unpaired) electrons. The second-order valence-corrected chi connectivity index (χ2v) is 7.91. The van der Waals surface area contributed by atoms with Gasteiger partial charge in [-0.15, -0.1) is 6.42 Å². The van der Waals surface area contributed by atoms with E-state index in [0.29, 0.717) is 11.3 Å². The Hall–Kier alpha value is -2.75. The zero-order valence-electron chi connectivity index (χ0n) is 19.0. The van der Waals surface area contributed by atoms with Gasteiger partial charge in [0.2, 0.25) is 0 Å². The maximum atomic E-state index is 9.20. The highest BCUT2D eigenvalue weighted by Gasteiger charge is 2.33. The van der Waals surface area contributed by atoms with E-state index in [-0.39, 0.29) is 5.41 Å². The first kappa shape index (κ1) is 25.3. The van der Waals surface area contributed by atoms with Crippen LogP contribution in [0.3, 0.4) is 0 Å². The molecule has 0 aromatic heterocycles. The minimum atomic E-state index is -0.290. The van der Waals surface area contributed by atoms with Crippen LogP contribution < -0.4 is 10.6 Å². The Morgan fingerprint density at radius 1 is 1.17 bits per heavy atom. The van der Waals surface area contributed by atoms with Gasteiger partial charge in [-0.05, 0) is 76.4 Å². The van der Waals surface area contributed by atoms with Crippen molar-refractivity contribution < 1.29 is 0 Å². The van der Waals surface area contributed by atoms with E-state index in [1.54, 1.807) is 12.2 Å². The Bertz CT molecular complexity index is 800. The van der Waals surface area contributed by atoms with Crippen LogP contribution in [-0.2, 0) is 0 Å². The molecule has 0 aromatic rings. The van der Waals surface area contributed by atoms with Gasteiger partial charge in [0.05, 0.1) is 17.1 Å². The van der Waals surface area contributed by atoms with Gasteiger partial charge in [-0.2, -0.15) is 5.26 Å². The van der Waals surface area contributed by atoms with Gasteiger partial charge in [0.25, 0.3) is 0 Å². The summed E-state index contributed by atoms with van der Waals surface area (Å²) < 4.78 is 0. The number of terminal acetylenes is 1. The summed E-state index contributed by atoms with van der Waals surface area (Å²) in [5.41, 5.74) is 4.06. The monoisotopic (exact) mass is 403 g/mol. The van der Waals surface area contributed by atoms with Crippen molar-refractivity contribution in [3.05, 3.63) is 71.7 Å². The fourth-order valence-electron chi connectivity index (χ4n) is 3.63. The van der Waals surface area contributed by atoms with Crippen molar-refractivity contribution in [3.63, 3.8) is 0 Å². The Morgan fingerprint density at radius 2 is 1.83 bits per heavy atom. The number of allylic oxidation sites excluding steroid dienone is 8. The Kier molecular flexibility index (Phi) is 11.4. The molecule has 1 aliphatic heterocycles. The van der Waals surface area contributed by atoms with Gasteiger partial charge in [0.15, 0.2) is 0 Å². The molecule has 0 atom stereocenters. The first-order valence-electron chi connectivity index (χ1n) is 10.9. The van der Waals surface area contributed by atoms with Gasteiger partial charge in [-0.25, -0.2) is 0 Å². The molecule has 3 nitrogen and oxygen atoms in total. The van der Waals surface area contributed by atoms with Crippen molar-refractivity contribution in [1.82, 2.24) is 10.6 Å². The van der Waals surface area contributed by atoms with Gasteiger partial charge >= 0.3 is 0 Å². The van der Waals surface area contributed by atoms with Crippen molar-refractivity contribution in [3.8, 4) is 18.4 Å². The van der Waals surface area contributed by atoms with Crippen LogP contribution in [-0.4, -0.2) is 13.1 Å². The number of nitriles is 1. The second kappa shape index (κ2) is 13.5. The molecule has 30 heavy (non-hydrogen) atoms. The standard InChI is InChI=1S/C27H37N3/c1-7-10-11-13-22(4)18-26(27(9-3)14-16-29-17-15-27)20-24(6)30-23(5)19-25(21-28)12-8-2/h3,8,12,18-20,29-30H,5-7,10-11,13-17H2,1-2,4H3/b12-8-,22-18+,25-19+,26-20+. The summed E-state index contributed by atoms with van der Waals surface area (Å²) in [5, 5.41) is 15.8. The topological polar surface area (TPSA) is 47.9 Å². The van der Waals surface area contributed by atoms with E-state index in [1.807, 2.05) is 13.0 Å². The van der Waals surface area contributed by atoms with Gasteiger partial charge < -0.3 is 10.6 Å². The summed E-state index contributed by atoms with van der Waals surface area (Å²) in [6, 6.07) is 2.15. The predicted octanol–water partition coefficient (Wildman–Crippen LogP) is 6.09. The SMILES string of the molecule is C#CC1(C(/C=C(\C)CCCCC)=C/C(=C)NC(=C)/C=C(C#N)\C=C/C)CCNCC1. The van der Waals surface area contributed by atoms with Crippen molar-refractivity contribution in [1.29, 1.82) is 5.26 Å². The van der Waals surface area contributed by atoms with E-state index in [4.69, 9.17) is 6.42 Å². The number of nitrogens with one attached hydrogen (secondary N) is 2. The highest BCUT2D eigenvalue weighted by Crippen LogP contribution is 2.38. The van der Waals surface area contributed by atoms with Crippen LogP contribution in [0, 0.1) is 29.1 Å². The van der Waals surface area contributed by atoms with Crippen molar-refractivity contribution in [2.45, 2.75) is 59.3 Å². The van der Waals surface area contributed by atoms with E-state index in [1.165, 1.54) is 24.8 Å². The summed E-state index contributed by atoms with van der Waals surface area (Å²) in [6.07, 6.45) is 22.2. The third kappa shape index (κ3) is 8.32. The number of nitrogens with zero attached hydrogens (tertiary/aromatic N) is 1. The molecule has 2 N–H and O–H groups in total. The molecule has 0 bridgehead atoms.